The maximum Gasteiger partial charge on any atom is 0.124 e. The van der Waals surface area contributed by atoms with E-state index in [0.717, 1.165) is 35.1 Å². The average molecular weight is 343 g/mol. The SMILES string of the molecule is CCCNC(Cc1cc(F)cc(Br)c1)c1cscn1. The zero-order valence-electron chi connectivity index (χ0n) is 10.7. The first kappa shape index (κ1) is 14.6. The third-order valence-corrected chi connectivity index (χ3v) is 3.87. The summed E-state index contributed by atoms with van der Waals surface area (Å²) in [6, 6.07) is 5.15. The quantitative estimate of drug-likeness (QED) is 0.845. The van der Waals surface area contributed by atoms with Gasteiger partial charge in [0.05, 0.1) is 17.2 Å². The fourth-order valence-electron chi connectivity index (χ4n) is 1.96. The van der Waals surface area contributed by atoms with Gasteiger partial charge in [-0.05, 0) is 43.1 Å². The number of aromatic nitrogens is 1. The number of halogens is 2. The summed E-state index contributed by atoms with van der Waals surface area (Å²) in [6.07, 6.45) is 1.80. The molecule has 1 heterocycles. The minimum Gasteiger partial charge on any atom is -0.308 e. The lowest BCUT2D eigenvalue weighted by Crippen LogP contribution is -2.24. The van der Waals surface area contributed by atoms with Crippen molar-refractivity contribution in [2.75, 3.05) is 6.54 Å². The van der Waals surface area contributed by atoms with E-state index in [0.29, 0.717) is 0 Å². The monoisotopic (exact) mass is 342 g/mol. The summed E-state index contributed by atoms with van der Waals surface area (Å²) in [5.74, 6) is -0.211. The summed E-state index contributed by atoms with van der Waals surface area (Å²) in [6.45, 7) is 3.06. The minimum absolute atomic E-state index is 0.139. The molecule has 0 aliphatic heterocycles. The van der Waals surface area contributed by atoms with Gasteiger partial charge in [0.15, 0.2) is 0 Å². The van der Waals surface area contributed by atoms with Crippen molar-refractivity contribution in [2.24, 2.45) is 0 Å². The smallest absolute Gasteiger partial charge is 0.124 e. The predicted molar refractivity (Wildman–Crippen MR) is 81.0 cm³/mol. The van der Waals surface area contributed by atoms with Crippen LogP contribution in [0.25, 0.3) is 0 Å². The molecule has 102 valence electrons. The molecule has 19 heavy (non-hydrogen) atoms. The third-order valence-electron chi connectivity index (χ3n) is 2.81. The molecule has 0 saturated carbocycles. The van der Waals surface area contributed by atoms with Gasteiger partial charge in [0.2, 0.25) is 0 Å². The van der Waals surface area contributed by atoms with E-state index < -0.39 is 0 Å². The Morgan fingerprint density at radius 3 is 2.89 bits per heavy atom. The van der Waals surface area contributed by atoms with E-state index in [9.17, 15) is 4.39 Å². The molecule has 0 fully saturated rings. The largest absolute Gasteiger partial charge is 0.308 e. The van der Waals surface area contributed by atoms with Crippen molar-refractivity contribution in [1.82, 2.24) is 10.3 Å². The molecule has 1 unspecified atom stereocenters. The lowest BCUT2D eigenvalue weighted by molar-refractivity contribution is 0.518. The van der Waals surface area contributed by atoms with Crippen molar-refractivity contribution in [1.29, 1.82) is 0 Å². The van der Waals surface area contributed by atoms with E-state index in [1.807, 2.05) is 17.0 Å². The molecule has 1 N–H and O–H groups in total. The molecule has 5 heteroatoms. The summed E-state index contributed by atoms with van der Waals surface area (Å²) in [7, 11) is 0. The fourth-order valence-corrected chi connectivity index (χ4v) is 3.08. The maximum absolute atomic E-state index is 13.4. The Labute approximate surface area is 125 Å². The number of hydrogen-bond donors (Lipinski definition) is 1. The molecule has 2 aromatic rings. The molecule has 1 aromatic carbocycles. The molecule has 0 saturated heterocycles. The first-order valence-corrected chi connectivity index (χ1v) is 7.99. The molecule has 0 spiro atoms. The van der Waals surface area contributed by atoms with Gasteiger partial charge >= 0.3 is 0 Å². The first-order valence-electron chi connectivity index (χ1n) is 6.25. The maximum atomic E-state index is 13.4. The summed E-state index contributed by atoms with van der Waals surface area (Å²) in [5, 5.41) is 5.51. The highest BCUT2D eigenvalue weighted by Gasteiger charge is 2.14. The van der Waals surface area contributed by atoms with Crippen LogP contribution in [0.3, 0.4) is 0 Å². The Hall–Kier alpha value is -0.780. The van der Waals surface area contributed by atoms with E-state index in [2.05, 4.69) is 33.2 Å². The highest BCUT2D eigenvalue weighted by atomic mass is 79.9. The number of thiazole rings is 1. The minimum atomic E-state index is -0.211. The molecule has 0 amide bonds. The van der Waals surface area contributed by atoms with Crippen LogP contribution < -0.4 is 5.32 Å². The van der Waals surface area contributed by atoms with Gasteiger partial charge in [0.25, 0.3) is 0 Å². The van der Waals surface area contributed by atoms with Crippen molar-refractivity contribution in [3.63, 3.8) is 0 Å². The summed E-state index contributed by atoms with van der Waals surface area (Å²) in [5.41, 5.74) is 3.82. The molecule has 1 atom stereocenters. The van der Waals surface area contributed by atoms with Gasteiger partial charge in [-0.2, -0.15) is 0 Å². The Kier molecular flexibility index (Phi) is 5.48. The zero-order chi connectivity index (χ0) is 13.7. The van der Waals surface area contributed by atoms with Crippen LogP contribution in [0.4, 0.5) is 4.39 Å². The van der Waals surface area contributed by atoms with E-state index in [-0.39, 0.29) is 11.9 Å². The lowest BCUT2D eigenvalue weighted by atomic mass is 10.0. The van der Waals surface area contributed by atoms with Gasteiger partial charge in [-0.25, -0.2) is 9.37 Å². The number of nitrogens with one attached hydrogen (secondary N) is 1. The van der Waals surface area contributed by atoms with Crippen LogP contribution in [-0.2, 0) is 6.42 Å². The Morgan fingerprint density at radius 2 is 2.26 bits per heavy atom. The van der Waals surface area contributed by atoms with Crippen molar-refractivity contribution in [3.05, 3.63) is 50.6 Å². The molecule has 0 aliphatic carbocycles. The van der Waals surface area contributed by atoms with Crippen LogP contribution >= 0.6 is 27.3 Å². The Balaban J connectivity index is 2.15. The fraction of sp³-hybridized carbons (Fsp3) is 0.357. The molecular formula is C14H16BrFN2S. The van der Waals surface area contributed by atoms with E-state index in [4.69, 9.17) is 0 Å². The molecule has 1 aromatic heterocycles. The third kappa shape index (κ3) is 4.37. The van der Waals surface area contributed by atoms with Crippen LogP contribution in [0, 0.1) is 5.82 Å². The highest BCUT2D eigenvalue weighted by Crippen LogP contribution is 2.22. The number of rotatable bonds is 6. The molecular weight excluding hydrogens is 327 g/mol. The first-order chi connectivity index (χ1) is 9.19. The molecule has 0 aliphatic rings. The second kappa shape index (κ2) is 7.12. The van der Waals surface area contributed by atoms with Gasteiger partial charge in [0, 0.05) is 9.85 Å². The predicted octanol–water partition coefficient (Wildman–Crippen LogP) is 4.33. The molecule has 0 bridgehead atoms. The van der Waals surface area contributed by atoms with Gasteiger partial charge in [-0.15, -0.1) is 11.3 Å². The second-order valence-corrected chi connectivity index (χ2v) is 6.04. The van der Waals surface area contributed by atoms with Crippen molar-refractivity contribution in [3.8, 4) is 0 Å². The van der Waals surface area contributed by atoms with Gasteiger partial charge in [0.1, 0.15) is 5.82 Å². The van der Waals surface area contributed by atoms with E-state index in [1.165, 1.54) is 6.07 Å². The van der Waals surface area contributed by atoms with Gasteiger partial charge < -0.3 is 5.32 Å². The number of benzene rings is 1. The Morgan fingerprint density at radius 1 is 1.42 bits per heavy atom. The van der Waals surface area contributed by atoms with Crippen molar-refractivity contribution < 1.29 is 4.39 Å². The van der Waals surface area contributed by atoms with Crippen LogP contribution in [-0.4, -0.2) is 11.5 Å². The second-order valence-electron chi connectivity index (χ2n) is 4.40. The lowest BCUT2D eigenvalue weighted by Gasteiger charge is -2.17. The standard InChI is InChI=1S/C14H16BrFN2S/c1-2-3-17-13(14-8-19-9-18-14)6-10-4-11(15)7-12(16)5-10/h4-5,7-9,13,17H,2-3,6H2,1H3. The van der Waals surface area contributed by atoms with E-state index >= 15 is 0 Å². The van der Waals surface area contributed by atoms with Gasteiger partial charge in [-0.3, -0.25) is 0 Å². The van der Waals surface area contributed by atoms with Crippen LogP contribution in [0.1, 0.15) is 30.6 Å². The van der Waals surface area contributed by atoms with Crippen LogP contribution in [0.15, 0.2) is 33.6 Å². The number of hydrogen-bond acceptors (Lipinski definition) is 3. The van der Waals surface area contributed by atoms with Crippen LogP contribution in [0.2, 0.25) is 0 Å². The summed E-state index contributed by atoms with van der Waals surface area (Å²) < 4.78 is 14.2. The highest BCUT2D eigenvalue weighted by molar-refractivity contribution is 9.10. The molecule has 2 rings (SSSR count). The van der Waals surface area contributed by atoms with Crippen molar-refractivity contribution >= 4 is 27.3 Å². The normalized spacial score (nSPS) is 12.6. The Bertz CT molecular complexity index is 496. The molecule has 2 nitrogen and oxygen atoms in total. The number of nitrogens with zero attached hydrogens (tertiary/aromatic N) is 1. The summed E-state index contributed by atoms with van der Waals surface area (Å²) >= 11 is 4.91. The van der Waals surface area contributed by atoms with Gasteiger partial charge in [-0.1, -0.05) is 22.9 Å². The summed E-state index contributed by atoms with van der Waals surface area (Å²) in [4.78, 5) is 4.36. The zero-order valence-corrected chi connectivity index (χ0v) is 13.1. The van der Waals surface area contributed by atoms with Crippen LogP contribution in [0.5, 0.6) is 0 Å². The van der Waals surface area contributed by atoms with E-state index in [1.54, 1.807) is 17.4 Å². The van der Waals surface area contributed by atoms with Crippen molar-refractivity contribution in [2.45, 2.75) is 25.8 Å². The molecule has 0 radical (unpaired) electrons. The topological polar surface area (TPSA) is 24.9 Å². The average Bonchev–Trinajstić information content (AvgIpc) is 2.87.